The largest absolute Gasteiger partial charge is 0.493 e. The molecular weight excluding hydrogens is 983 g/mol. The highest BCUT2D eigenvalue weighted by molar-refractivity contribution is 7.86. The Hall–Kier alpha value is -6.25. The minimum atomic E-state index is -1.94. The van der Waals surface area contributed by atoms with Gasteiger partial charge in [-0.15, -0.1) is 0 Å². The van der Waals surface area contributed by atoms with Gasteiger partial charge in [0.15, 0.2) is 20.0 Å². The van der Waals surface area contributed by atoms with Gasteiger partial charge in [-0.05, 0) is 119 Å². The number of rotatable bonds is 20. The Kier molecular flexibility index (Phi) is 18.5. The molecule has 8 aromatic rings. The highest BCUT2D eigenvalue weighted by Crippen LogP contribution is 2.38. The maximum Gasteiger partial charge on any atom is 0.192 e. The summed E-state index contributed by atoms with van der Waals surface area (Å²) in [7, 11) is -2.92. The number of hydrogen-bond acceptors (Lipinski definition) is 14. The van der Waals surface area contributed by atoms with Gasteiger partial charge in [-0.3, -0.25) is 14.2 Å². The van der Waals surface area contributed by atoms with Gasteiger partial charge in [-0.1, -0.05) is 52.0 Å². The molecule has 8 rings (SSSR count). The zero-order chi connectivity index (χ0) is 54.1. The number of aromatic nitrogens is 8. The van der Waals surface area contributed by atoms with Crippen LogP contribution in [0.2, 0.25) is 18.1 Å². The zero-order valence-corrected chi connectivity index (χ0v) is 46.8. The van der Waals surface area contributed by atoms with Gasteiger partial charge in [0.1, 0.15) is 11.5 Å². The first kappa shape index (κ1) is 56.5. The number of benzene rings is 2. The lowest BCUT2D eigenvalue weighted by molar-refractivity contribution is 0.234. The van der Waals surface area contributed by atoms with Crippen LogP contribution in [0, 0.1) is 0 Å². The van der Waals surface area contributed by atoms with Crippen molar-refractivity contribution in [2.75, 3.05) is 32.2 Å². The first-order valence-electron chi connectivity index (χ1n) is 25.5. The van der Waals surface area contributed by atoms with Gasteiger partial charge in [0.25, 0.3) is 0 Å². The maximum absolute atomic E-state index is 12.8. The summed E-state index contributed by atoms with van der Waals surface area (Å²) in [6, 6.07) is 30.8. The molecule has 5 N–H and O–H groups in total. The number of hydrogen-bond donors (Lipinski definition) is 4. The molecule has 6 aromatic heterocycles. The van der Waals surface area contributed by atoms with Crippen molar-refractivity contribution >= 4 is 40.9 Å². The molecule has 0 unspecified atom stereocenters. The van der Waals surface area contributed by atoms with Crippen molar-refractivity contribution in [3.05, 3.63) is 132 Å². The maximum atomic E-state index is 12.8. The summed E-state index contributed by atoms with van der Waals surface area (Å²) in [5.41, 5.74) is 14.1. The van der Waals surface area contributed by atoms with Gasteiger partial charge >= 0.3 is 0 Å². The van der Waals surface area contributed by atoms with E-state index in [0.717, 1.165) is 61.4 Å². The quantitative estimate of drug-likeness (QED) is 0.0413. The van der Waals surface area contributed by atoms with Crippen molar-refractivity contribution in [2.24, 2.45) is 5.73 Å². The first-order valence-corrected chi connectivity index (χ1v) is 29.7. The van der Waals surface area contributed by atoms with Crippen LogP contribution >= 0.6 is 0 Å². The number of nitrogens with two attached hydrogens (primary N) is 1. The fourth-order valence-corrected chi connectivity index (χ4v) is 9.77. The third-order valence-electron chi connectivity index (χ3n) is 13.2. The Balaban J connectivity index is 0.000000232. The molecule has 0 radical (unpaired) electrons. The molecule has 3 atom stereocenters. The van der Waals surface area contributed by atoms with Crippen molar-refractivity contribution in [1.82, 2.24) is 39.5 Å². The summed E-state index contributed by atoms with van der Waals surface area (Å²) in [4.78, 5) is 19.1. The summed E-state index contributed by atoms with van der Waals surface area (Å²) in [6.07, 6.45) is 4.57. The average molecular weight is 1060 g/mol. The fourth-order valence-electron chi connectivity index (χ4n) is 7.71. The van der Waals surface area contributed by atoms with Crippen LogP contribution in [-0.2, 0) is 28.4 Å². The van der Waals surface area contributed by atoms with Crippen LogP contribution in [0.25, 0.3) is 56.0 Å². The van der Waals surface area contributed by atoms with E-state index in [4.69, 9.17) is 44.8 Å². The second-order valence-corrected chi connectivity index (χ2v) is 28.2. The smallest absolute Gasteiger partial charge is 0.192 e. The number of nitrogens with zero attached hydrogens (tertiary/aromatic N) is 8. The third kappa shape index (κ3) is 14.0. The Morgan fingerprint density at radius 2 is 1.13 bits per heavy atom. The SMILES string of the molecule is C[C@H](C[S@](=O)C(C)(C)C)c1cccc(-c2cc(OCCCO)c3cnn(-c4cccc(CO[Si](C)(C)C(C)(C)C)n4)c3c2)n1.C[C@H](N)c1cccc(-c2cc(OCCCO)c3cnn(-c4cccc(CO)n4)c3c2)n1. The second kappa shape index (κ2) is 24.6. The summed E-state index contributed by atoms with van der Waals surface area (Å²) < 4.78 is 34.7. The van der Waals surface area contributed by atoms with Crippen molar-refractivity contribution in [2.45, 2.75) is 116 Å². The molecule has 18 heteroatoms. The van der Waals surface area contributed by atoms with E-state index in [1.807, 2.05) is 117 Å². The van der Waals surface area contributed by atoms with E-state index in [-0.39, 0.29) is 41.6 Å². The molecule has 16 nitrogen and oxygen atoms in total. The Labute approximate surface area is 444 Å². The minimum absolute atomic E-state index is 0.0324. The lowest BCUT2D eigenvalue weighted by atomic mass is 10.1. The molecule has 0 saturated heterocycles. The van der Waals surface area contributed by atoms with Gasteiger partial charge in [-0.25, -0.2) is 19.3 Å². The molecule has 0 spiro atoms. The lowest BCUT2D eigenvalue weighted by Crippen LogP contribution is -2.40. The molecule has 0 amide bonds. The number of pyridine rings is 4. The molecule has 0 bridgehead atoms. The minimum Gasteiger partial charge on any atom is -0.493 e. The number of fused-ring (bicyclic) bond motifs is 2. The molecular formula is C57H73N9O7SSi. The average Bonchev–Trinajstić information content (AvgIpc) is 4.03. The zero-order valence-electron chi connectivity index (χ0n) is 44.9. The van der Waals surface area contributed by atoms with E-state index < -0.39 is 19.1 Å². The molecule has 6 heterocycles. The molecule has 2 aromatic carbocycles. The lowest BCUT2D eigenvalue weighted by Gasteiger charge is -2.36. The van der Waals surface area contributed by atoms with Crippen LogP contribution in [0.4, 0.5) is 0 Å². The number of aliphatic hydroxyl groups is 3. The highest BCUT2D eigenvalue weighted by Gasteiger charge is 2.37. The molecule has 0 aliphatic heterocycles. The molecule has 0 aliphatic rings. The summed E-state index contributed by atoms with van der Waals surface area (Å²) >= 11 is 0. The molecule has 398 valence electrons. The van der Waals surface area contributed by atoms with E-state index in [1.165, 1.54) is 0 Å². The summed E-state index contributed by atoms with van der Waals surface area (Å²) in [6.45, 7) is 22.3. The van der Waals surface area contributed by atoms with Gasteiger partial charge in [0, 0.05) is 76.1 Å². The predicted molar refractivity (Wildman–Crippen MR) is 300 cm³/mol. The summed E-state index contributed by atoms with van der Waals surface area (Å²) in [5, 5.41) is 38.9. The van der Waals surface area contributed by atoms with E-state index in [1.54, 1.807) is 23.1 Å². The van der Waals surface area contributed by atoms with Crippen molar-refractivity contribution in [1.29, 1.82) is 0 Å². The van der Waals surface area contributed by atoms with Gasteiger partial charge in [0.2, 0.25) is 0 Å². The molecule has 75 heavy (non-hydrogen) atoms. The first-order chi connectivity index (χ1) is 35.7. The Bertz CT molecular complexity index is 3220. The van der Waals surface area contributed by atoms with Gasteiger partial charge in [0.05, 0.1) is 89.1 Å². The normalized spacial score (nSPS) is 13.4. The van der Waals surface area contributed by atoms with Crippen LogP contribution in [0.3, 0.4) is 0 Å². The number of aliphatic hydroxyl groups excluding tert-OH is 3. The van der Waals surface area contributed by atoms with Gasteiger partial charge < -0.3 is 35.0 Å². The van der Waals surface area contributed by atoms with Crippen LogP contribution < -0.4 is 15.2 Å². The van der Waals surface area contributed by atoms with Crippen LogP contribution in [-0.4, -0.2) is 104 Å². The molecule has 0 fully saturated rings. The predicted octanol–water partition coefficient (Wildman–Crippen LogP) is 10.2. The highest BCUT2D eigenvalue weighted by atomic mass is 32.2. The molecule has 0 saturated carbocycles. The Morgan fingerprint density at radius 3 is 1.61 bits per heavy atom. The number of ether oxygens (including phenoxy) is 2. The Morgan fingerprint density at radius 1 is 0.653 bits per heavy atom. The van der Waals surface area contributed by atoms with E-state index >= 15 is 0 Å². The summed E-state index contributed by atoms with van der Waals surface area (Å²) in [5.74, 6) is 3.18. The van der Waals surface area contributed by atoms with E-state index in [0.29, 0.717) is 67.2 Å². The van der Waals surface area contributed by atoms with E-state index in [2.05, 4.69) is 56.9 Å². The topological polar surface area (TPSA) is 219 Å². The third-order valence-corrected chi connectivity index (χ3v) is 19.8. The van der Waals surface area contributed by atoms with Crippen LogP contribution in [0.5, 0.6) is 11.5 Å². The van der Waals surface area contributed by atoms with Crippen molar-refractivity contribution in [3.63, 3.8) is 0 Å². The van der Waals surface area contributed by atoms with Crippen LogP contribution in [0.1, 0.15) is 103 Å². The fraction of sp³-hybridized carbons (Fsp3) is 0.404. The van der Waals surface area contributed by atoms with E-state index in [9.17, 15) is 14.4 Å². The monoisotopic (exact) mass is 1060 g/mol. The van der Waals surface area contributed by atoms with Crippen molar-refractivity contribution < 1.29 is 33.4 Å². The van der Waals surface area contributed by atoms with Gasteiger partial charge in [-0.2, -0.15) is 10.2 Å². The second-order valence-electron chi connectivity index (χ2n) is 21.2. The standard InChI is InChI=1S/C34H48N4O4SSi.C23H25N5O3/c1-24(23-43(40)33(2,3)4)28-14-11-15-29(37-28)25-19-30-27(31(20-25)41-18-12-17-39)21-35-38(30)32-16-10-13-26(36-32)22-42-44(8,9)34(5,6)7;1-15(24)19-6-3-7-20(27-19)16-11-21-18(22(12-16)31-10-4-9-29)13-25-28(21)23-8-2-5-17(14-30)26-23/h10-11,13-16,19-21,24,39H,12,17-18,22-23H2,1-9H3;2-3,5-8,11-13,15,29-30H,4,9-10,14,24H2,1H3/t24-,43+;15-/m10/s1. The van der Waals surface area contributed by atoms with Crippen molar-refractivity contribution in [3.8, 4) is 45.6 Å². The molecule has 0 aliphatic carbocycles. The van der Waals surface area contributed by atoms with Crippen LogP contribution in [0.15, 0.2) is 109 Å².